The Morgan fingerprint density at radius 2 is 1.67 bits per heavy atom. The van der Waals surface area contributed by atoms with E-state index in [0.717, 1.165) is 0 Å². The molecule has 1 N–H and O–H groups in total. The van der Waals surface area contributed by atoms with Gasteiger partial charge in [0.1, 0.15) is 23.2 Å². The SMILES string of the molecule is CCOc1ccc(S(=O)(=O)Nc2nc3ccccc3nc2-[n+]2cccc(N=C([O-])c3ccc(Cl)cc3)c2)cc1. The second-order valence-corrected chi connectivity index (χ2v) is 10.4. The summed E-state index contributed by atoms with van der Waals surface area (Å²) >= 11 is 5.91. The van der Waals surface area contributed by atoms with Crippen molar-refractivity contribution >= 4 is 50.1 Å². The summed E-state index contributed by atoms with van der Waals surface area (Å²) in [7, 11) is -4.02. The highest BCUT2D eigenvalue weighted by Gasteiger charge is 2.25. The van der Waals surface area contributed by atoms with Gasteiger partial charge in [0, 0.05) is 5.02 Å². The van der Waals surface area contributed by atoms with Crippen molar-refractivity contribution in [3.05, 3.63) is 108 Å². The fourth-order valence-corrected chi connectivity index (χ4v) is 4.87. The van der Waals surface area contributed by atoms with Gasteiger partial charge in [0.25, 0.3) is 10.0 Å². The molecule has 196 valence electrons. The first-order valence-corrected chi connectivity index (χ1v) is 13.7. The summed E-state index contributed by atoms with van der Waals surface area (Å²) in [5.41, 5.74) is 1.78. The predicted octanol–water partition coefficient (Wildman–Crippen LogP) is 4.20. The molecule has 0 aliphatic rings. The van der Waals surface area contributed by atoms with Crippen LogP contribution in [0.2, 0.25) is 5.02 Å². The third kappa shape index (κ3) is 5.97. The van der Waals surface area contributed by atoms with Crippen LogP contribution in [0.15, 0.2) is 107 Å². The summed E-state index contributed by atoms with van der Waals surface area (Å²) in [4.78, 5) is 13.4. The molecule has 0 amide bonds. The summed E-state index contributed by atoms with van der Waals surface area (Å²) in [6.07, 6.45) is 3.24. The maximum Gasteiger partial charge on any atom is 0.372 e. The number of aliphatic imine (C=N–C) groups is 1. The molecule has 0 unspecified atom stereocenters. The normalized spacial score (nSPS) is 11.9. The number of pyridine rings is 1. The Hall–Kier alpha value is -4.54. The maximum atomic E-state index is 13.3. The van der Waals surface area contributed by atoms with Gasteiger partial charge in [-0.25, -0.2) is 13.4 Å². The molecule has 2 heterocycles. The monoisotopic (exact) mass is 559 g/mol. The Kier molecular flexibility index (Phi) is 7.40. The lowest BCUT2D eigenvalue weighted by Crippen LogP contribution is -2.33. The molecule has 5 rings (SSSR count). The zero-order valence-corrected chi connectivity index (χ0v) is 22.2. The Morgan fingerprint density at radius 3 is 2.36 bits per heavy atom. The first-order valence-electron chi connectivity index (χ1n) is 11.9. The van der Waals surface area contributed by atoms with E-state index < -0.39 is 15.9 Å². The highest BCUT2D eigenvalue weighted by atomic mass is 35.5. The number of aromatic nitrogens is 3. The van der Waals surface area contributed by atoms with Crippen molar-refractivity contribution in [1.29, 1.82) is 0 Å². The van der Waals surface area contributed by atoms with Gasteiger partial charge in [0.15, 0.2) is 0 Å². The van der Waals surface area contributed by atoms with Gasteiger partial charge in [-0.15, -0.1) is 0 Å². The fourth-order valence-electron chi connectivity index (χ4n) is 3.74. The predicted molar refractivity (Wildman–Crippen MR) is 147 cm³/mol. The van der Waals surface area contributed by atoms with E-state index in [1.807, 2.05) is 13.0 Å². The van der Waals surface area contributed by atoms with Crippen LogP contribution in [0.3, 0.4) is 0 Å². The van der Waals surface area contributed by atoms with E-state index in [1.165, 1.54) is 12.1 Å². The van der Waals surface area contributed by atoms with Crippen LogP contribution in [-0.2, 0) is 10.0 Å². The Bertz CT molecular complexity index is 1780. The number of halogens is 1. The number of anilines is 1. The number of fused-ring (bicyclic) bond motifs is 1. The zero-order chi connectivity index (χ0) is 27.4. The van der Waals surface area contributed by atoms with Gasteiger partial charge in [-0.05, 0) is 84.0 Å². The van der Waals surface area contributed by atoms with Crippen LogP contribution in [0, 0.1) is 0 Å². The molecular formula is C28H22ClN5O4S. The van der Waals surface area contributed by atoms with Crippen molar-refractivity contribution in [2.24, 2.45) is 4.99 Å². The van der Waals surface area contributed by atoms with Crippen LogP contribution < -0.4 is 19.1 Å². The topological polar surface area (TPSA) is 120 Å². The minimum Gasteiger partial charge on any atom is -0.858 e. The van der Waals surface area contributed by atoms with Crippen molar-refractivity contribution in [2.45, 2.75) is 11.8 Å². The zero-order valence-electron chi connectivity index (χ0n) is 20.7. The Morgan fingerprint density at radius 1 is 0.974 bits per heavy atom. The highest BCUT2D eigenvalue weighted by Crippen LogP contribution is 2.23. The Labute approximate surface area is 230 Å². The molecular weight excluding hydrogens is 538 g/mol. The quantitative estimate of drug-likeness (QED) is 0.173. The molecule has 39 heavy (non-hydrogen) atoms. The van der Waals surface area contributed by atoms with Gasteiger partial charge in [0.05, 0.1) is 17.7 Å². The third-order valence-electron chi connectivity index (χ3n) is 5.58. The number of hydrogen-bond acceptors (Lipinski definition) is 7. The van der Waals surface area contributed by atoms with Crippen molar-refractivity contribution in [3.63, 3.8) is 0 Å². The number of rotatable bonds is 8. The van der Waals surface area contributed by atoms with E-state index in [-0.39, 0.29) is 16.5 Å². The molecule has 11 heteroatoms. The number of para-hydroxylation sites is 2. The molecule has 0 fully saturated rings. The molecule has 0 bridgehead atoms. The van der Waals surface area contributed by atoms with Crippen molar-refractivity contribution in [1.82, 2.24) is 9.97 Å². The lowest BCUT2D eigenvalue weighted by molar-refractivity contribution is -0.598. The first-order chi connectivity index (χ1) is 18.8. The molecule has 0 saturated carbocycles. The second-order valence-electron chi connectivity index (χ2n) is 8.29. The minimum absolute atomic E-state index is 0.00811. The number of hydrogen-bond donors (Lipinski definition) is 1. The molecule has 0 radical (unpaired) electrons. The average molecular weight is 560 g/mol. The molecule has 5 aromatic rings. The molecule has 0 saturated heterocycles. The van der Waals surface area contributed by atoms with Gasteiger partial charge in [-0.1, -0.05) is 35.9 Å². The lowest BCUT2D eigenvalue weighted by Gasteiger charge is -2.11. The number of sulfonamides is 1. The molecule has 0 aliphatic heterocycles. The smallest absolute Gasteiger partial charge is 0.372 e. The summed E-state index contributed by atoms with van der Waals surface area (Å²) in [6, 6.07) is 22.9. The van der Waals surface area contributed by atoms with Crippen LogP contribution in [0.25, 0.3) is 16.9 Å². The van der Waals surface area contributed by atoms with E-state index in [4.69, 9.17) is 16.3 Å². The second kappa shape index (κ2) is 11.1. The maximum absolute atomic E-state index is 13.3. The molecule has 0 atom stereocenters. The van der Waals surface area contributed by atoms with Gasteiger partial charge in [-0.3, -0.25) is 9.71 Å². The van der Waals surface area contributed by atoms with E-state index in [1.54, 1.807) is 83.7 Å². The molecule has 0 spiro atoms. The molecule has 2 aromatic heterocycles. The van der Waals surface area contributed by atoms with Crippen LogP contribution in [0.5, 0.6) is 5.75 Å². The van der Waals surface area contributed by atoms with E-state index in [9.17, 15) is 13.5 Å². The Balaban J connectivity index is 1.55. The largest absolute Gasteiger partial charge is 0.858 e. The number of nitrogens with one attached hydrogen (secondary N) is 1. The van der Waals surface area contributed by atoms with Crippen LogP contribution >= 0.6 is 11.6 Å². The number of ether oxygens (including phenoxy) is 1. The van der Waals surface area contributed by atoms with Crippen molar-refractivity contribution in [2.75, 3.05) is 11.3 Å². The van der Waals surface area contributed by atoms with E-state index in [2.05, 4.69) is 19.7 Å². The van der Waals surface area contributed by atoms with Crippen molar-refractivity contribution < 1.29 is 22.8 Å². The van der Waals surface area contributed by atoms with Gasteiger partial charge in [0.2, 0.25) is 11.3 Å². The average Bonchev–Trinajstić information content (AvgIpc) is 2.93. The molecule has 3 aromatic carbocycles. The van der Waals surface area contributed by atoms with Crippen LogP contribution in [-0.4, -0.2) is 30.9 Å². The third-order valence-corrected chi connectivity index (χ3v) is 7.19. The first kappa shape index (κ1) is 26.1. The minimum atomic E-state index is -4.02. The number of benzene rings is 3. The summed E-state index contributed by atoms with van der Waals surface area (Å²) in [5.74, 6) is 0.324. The van der Waals surface area contributed by atoms with Gasteiger partial charge in [-0.2, -0.15) is 4.57 Å². The summed E-state index contributed by atoms with van der Waals surface area (Å²) in [5, 5.41) is 13.2. The summed E-state index contributed by atoms with van der Waals surface area (Å²) in [6.45, 7) is 2.31. The lowest BCUT2D eigenvalue weighted by atomic mass is 10.2. The standard InChI is InChI=1S/C28H22ClN5O4S/c1-2-38-22-13-15-23(16-14-22)39(36,37)33-26-27(32-25-8-4-3-7-24(25)31-26)34-17-5-6-21(18-34)30-28(35)19-9-11-20(29)12-10-19/h3-18H,2H2,1H3,(H-,30,31,33,35). The van der Waals surface area contributed by atoms with Gasteiger partial charge >= 0.3 is 5.82 Å². The van der Waals surface area contributed by atoms with E-state index in [0.29, 0.717) is 39.7 Å². The highest BCUT2D eigenvalue weighted by molar-refractivity contribution is 7.92. The fraction of sp³-hybridized carbons (Fsp3) is 0.0714. The van der Waals surface area contributed by atoms with Crippen LogP contribution in [0.1, 0.15) is 12.5 Å². The molecule has 9 nitrogen and oxygen atoms in total. The van der Waals surface area contributed by atoms with Gasteiger partial charge < -0.3 is 9.84 Å². The van der Waals surface area contributed by atoms with E-state index >= 15 is 0 Å². The van der Waals surface area contributed by atoms with Crippen molar-refractivity contribution in [3.8, 4) is 11.6 Å². The summed E-state index contributed by atoms with van der Waals surface area (Å²) < 4.78 is 36.1. The number of nitrogens with zero attached hydrogens (tertiary/aromatic N) is 4. The molecule has 0 aliphatic carbocycles. The van der Waals surface area contributed by atoms with Crippen LogP contribution in [0.4, 0.5) is 11.5 Å².